The van der Waals surface area contributed by atoms with Crippen molar-refractivity contribution in [3.8, 4) is 0 Å². The van der Waals surface area contributed by atoms with Crippen LogP contribution in [0.15, 0.2) is 5.38 Å². The Bertz CT molecular complexity index is 284. The van der Waals surface area contributed by atoms with Gasteiger partial charge in [0.2, 0.25) is 0 Å². The molecule has 0 amide bonds. The Labute approximate surface area is 82.6 Å². The normalized spacial score (nSPS) is 24.8. The predicted octanol–water partition coefficient (Wildman–Crippen LogP) is 1.88. The van der Waals surface area contributed by atoms with E-state index in [2.05, 4.69) is 22.3 Å². The van der Waals surface area contributed by atoms with E-state index in [1.165, 1.54) is 25.8 Å². The fourth-order valence-corrected chi connectivity index (χ4v) is 2.51. The average molecular weight is 197 g/mol. The monoisotopic (exact) mass is 197 g/mol. The molecule has 1 unspecified atom stereocenters. The lowest BCUT2D eigenvalue weighted by molar-refractivity contribution is 0.184. The summed E-state index contributed by atoms with van der Waals surface area (Å²) in [6, 6.07) is 0.502. The zero-order chi connectivity index (χ0) is 9.26. The van der Waals surface area contributed by atoms with E-state index in [4.69, 9.17) is 5.73 Å². The first-order valence-corrected chi connectivity index (χ1v) is 5.56. The molecule has 0 saturated carbocycles. The van der Waals surface area contributed by atoms with Crippen molar-refractivity contribution in [2.24, 2.45) is 0 Å². The summed E-state index contributed by atoms with van der Waals surface area (Å²) in [7, 11) is 2.17. The van der Waals surface area contributed by atoms with Crippen LogP contribution in [0.5, 0.6) is 0 Å². The van der Waals surface area contributed by atoms with Gasteiger partial charge in [0, 0.05) is 5.38 Å². The maximum atomic E-state index is 5.62. The molecular weight excluding hydrogens is 182 g/mol. The van der Waals surface area contributed by atoms with E-state index in [9.17, 15) is 0 Å². The van der Waals surface area contributed by atoms with Crippen molar-refractivity contribution < 1.29 is 0 Å². The summed E-state index contributed by atoms with van der Waals surface area (Å²) in [6.45, 7) is 1.18. The van der Waals surface area contributed by atoms with Gasteiger partial charge in [0.1, 0.15) is 0 Å². The van der Waals surface area contributed by atoms with Gasteiger partial charge in [-0.1, -0.05) is 6.42 Å². The molecule has 1 aliphatic rings. The number of nitrogens with zero attached hydrogens (tertiary/aromatic N) is 2. The molecule has 0 aromatic carbocycles. The Hall–Kier alpha value is -0.610. The Kier molecular flexibility index (Phi) is 2.51. The minimum absolute atomic E-state index is 0.502. The zero-order valence-electron chi connectivity index (χ0n) is 7.86. The molecule has 13 heavy (non-hydrogen) atoms. The number of hydrogen-bond acceptors (Lipinski definition) is 4. The Balaban J connectivity index is 2.14. The molecule has 4 heteroatoms. The second-order valence-electron chi connectivity index (χ2n) is 3.60. The molecule has 0 aliphatic carbocycles. The van der Waals surface area contributed by atoms with E-state index in [1.54, 1.807) is 11.3 Å². The molecule has 1 aliphatic heterocycles. The molecular formula is C9H15N3S. The maximum Gasteiger partial charge on any atom is 0.180 e. The summed E-state index contributed by atoms with van der Waals surface area (Å²) in [6.07, 6.45) is 3.85. The van der Waals surface area contributed by atoms with Crippen LogP contribution in [-0.4, -0.2) is 23.5 Å². The van der Waals surface area contributed by atoms with Crippen molar-refractivity contribution in [1.82, 2.24) is 9.88 Å². The number of rotatable bonds is 1. The second-order valence-corrected chi connectivity index (χ2v) is 4.49. The molecule has 0 bridgehead atoms. The average Bonchev–Trinajstić information content (AvgIpc) is 2.53. The van der Waals surface area contributed by atoms with Gasteiger partial charge in [0.05, 0.1) is 11.7 Å². The number of thiazole rings is 1. The van der Waals surface area contributed by atoms with Gasteiger partial charge in [-0.3, -0.25) is 4.90 Å². The summed E-state index contributed by atoms with van der Waals surface area (Å²) < 4.78 is 0. The van der Waals surface area contributed by atoms with Crippen molar-refractivity contribution in [3.05, 3.63) is 11.1 Å². The molecule has 2 N–H and O–H groups in total. The molecule has 2 heterocycles. The lowest BCUT2D eigenvalue weighted by Gasteiger charge is -2.31. The predicted molar refractivity (Wildman–Crippen MR) is 55.7 cm³/mol. The minimum atomic E-state index is 0.502. The third-order valence-corrected chi connectivity index (χ3v) is 3.34. The number of anilines is 1. The van der Waals surface area contributed by atoms with Gasteiger partial charge >= 0.3 is 0 Å². The number of nitrogen functional groups attached to an aromatic ring is 1. The summed E-state index contributed by atoms with van der Waals surface area (Å²) in [5.41, 5.74) is 6.78. The van der Waals surface area contributed by atoms with Crippen molar-refractivity contribution in [2.45, 2.75) is 25.3 Å². The Morgan fingerprint density at radius 1 is 1.62 bits per heavy atom. The van der Waals surface area contributed by atoms with Crippen LogP contribution in [0.4, 0.5) is 5.13 Å². The van der Waals surface area contributed by atoms with E-state index in [1.807, 2.05) is 0 Å². The van der Waals surface area contributed by atoms with Gasteiger partial charge in [0.15, 0.2) is 5.13 Å². The Morgan fingerprint density at radius 3 is 3.08 bits per heavy atom. The SMILES string of the molecule is CN1CCCCC1c1csc(N)n1. The fourth-order valence-electron chi connectivity index (χ4n) is 1.90. The standard InChI is InChI=1S/C9H15N3S/c1-12-5-3-2-4-8(12)7-6-13-9(10)11-7/h6,8H,2-5H2,1H3,(H2,10,11). The van der Waals surface area contributed by atoms with Gasteiger partial charge in [-0.15, -0.1) is 11.3 Å². The van der Waals surface area contributed by atoms with Crippen LogP contribution in [0.25, 0.3) is 0 Å². The van der Waals surface area contributed by atoms with E-state index in [0.717, 1.165) is 5.69 Å². The first kappa shape index (κ1) is 8.97. The highest BCUT2D eigenvalue weighted by molar-refractivity contribution is 7.13. The first-order valence-electron chi connectivity index (χ1n) is 4.68. The number of likely N-dealkylation sites (tertiary alicyclic amines) is 1. The summed E-state index contributed by atoms with van der Waals surface area (Å²) in [5.74, 6) is 0. The van der Waals surface area contributed by atoms with E-state index in [0.29, 0.717) is 11.2 Å². The van der Waals surface area contributed by atoms with Crippen molar-refractivity contribution in [3.63, 3.8) is 0 Å². The molecule has 3 nitrogen and oxygen atoms in total. The lowest BCUT2D eigenvalue weighted by atomic mass is 10.0. The lowest BCUT2D eigenvalue weighted by Crippen LogP contribution is -2.29. The highest BCUT2D eigenvalue weighted by atomic mass is 32.1. The Morgan fingerprint density at radius 2 is 2.46 bits per heavy atom. The fraction of sp³-hybridized carbons (Fsp3) is 0.667. The van der Waals surface area contributed by atoms with Crippen molar-refractivity contribution in [1.29, 1.82) is 0 Å². The van der Waals surface area contributed by atoms with Gasteiger partial charge in [-0.2, -0.15) is 0 Å². The molecule has 1 aromatic rings. The van der Waals surface area contributed by atoms with Gasteiger partial charge in [-0.25, -0.2) is 4.98 Å². The third-order valence-electron chi connectivity index (χ3n) is 2.65. The van der Waals surface area contributed by atoms with Crippen LogP contribution in [0.1, 0.15) is 31.0 Å². The van der Waals surface area contributed by atoms with E-state index >= 15 is 0 Å². The number of aromatic nitrogens is 1. The zero-order valence-corrected chi connectivity index (χ0v) is 8.68. The molecule has 1 fully saturated rings. The van der Waals surface area contributed by atoms with Crippen LogP contribution in [-0.2, 0) is 0 Å². The maximum absolute atomic E-state index is 5.62. The highest BCUT2D eigenvalue weighted by Gasteiger charge is 2.22. The van der Waals surface area contributed by atoms with Gasteiger partial charge in [0.25, 0.3) is 0 Å². The number of nitrogens with two attached hydrogens (primary N) is 1. The van der Waals surface area contributed by atoms with Crippen LogP contribution < -0.4 is 5.73 Å². The van der Waals surface area contributed by atoms with Crippen molar-refractivity contribution >= 4 is 16.5 Å². The van der Waals surface area contributed by atoms with Crippen molar-refractivity contribution in [2.75, 3.05) is 19.3 Å². The van der Waals surface area contributed by atoms with E-state index < -0.39 is 0 Å². The molecule has 0 radical (unpaired) electrons. The first-order chi connectivity index (χ1) is 6.27. The van der Waals surface area contributed by atoms with Crippen LogP contribution >= 0.6 is 11.3 Å². The minimum Gasteiger partial charge on any atom is -0.375 e. The van der Waals surface area contributed by atoms with Gasteiger partial charge < -0.3 is 5.73 Å². The molecule has 72 valence electrons. The molecule has 1 saturated heterocycles. The highest BCUT2D eigenvalue weighted by Crippen LogP contribution is 2.30. The van der Waals surface area contributed by atoms with Crippen LogP contribution in [0, 0.1) is 0 Å². The molecule has 2 rings (SSSR count). The number of hydrogen-bond donors (Lipinski definition) is 1. The van der Waals surface area contributed by atoms with E-state index in [-0.39, 0.29) is 0 Å². The summed E-state index contributed by atoms with van der Waals surface area (Å²) in [4.78, 5) is 6.71. The quantitative estimate of drug-likeness (QED) is 0.747. The summed E-state index contributed by atoms with van der Waals surface area (Å²) >= 11 is 1.54. The topological polar surface area (TPSA) is 42.1 Å². The van der Waals surface area contributed by atoms with Gasteiger partial charge in [-0.05, 0) is 26.4 Å². The molecule has 1 aromatic heterocycles. The molecule has 1 atom stereocenters. The van der Waals surface area contributed by atoms with Crippen LogP contribution in [0.2, 0.25) is 0 Å². The molecule has 0 spiro atoms. The smallest absolute Gasteiger partial charge is 0.180 e. The number of piperidine rings is 1. The van der Waals surface area contributed by atoms with Crippen LogP contribution in [0.3, 0.4) is 0 Å². The third kappa shape index (κ3) is 1.84. The summed E-state index contributed by atoms with van der Waals surface area (Å²) in [5, 5.41) is 2.77. The second kappa shape index (κ2) is 3.64. The largest absolute Gasteiger partial charge is 0.375 e.